The highest BCUT2D eigenvalue weighted by atomic mass is 19.4. The van der Waals surface area contributed by atoms with E-state index in [0.29, 0.717) is 6.07 Å². The summed E-state index contributed by atoms with van der Waals surface area (Å²) in [5, 5.41) is 18.7. The van der Waals surface area contributed by atoms with Crippen molar-refractivity contribution < 1.29 is 33.0 Å². The summed E-state index contributed by atoms with van der Waals surface area (Å²) < 4.78 is 37.9. The second-order valence-corrected chi connectivity index (χ2v) is 3.33. The maximum absolute atomic E-state index is 12.6. The first-order valence-corrected chi connectivity index (χ1v) is 4.62. The van der Waals surface area contributed by atoms with Gasteiger partial charge in [-0.3, -0.25) is 0 Å². The fourth-order valence-corrected chi connectivity index (χ4v) is 1.30. The van der Waals surface area contributed by atoms with Crippen LogP contribution >= 0.6 is 0 Å². The summed E-state index contributed by atoms with van der Waals surface area (Å²) in [6, 6.07) is 2.39. The van der Waals surface area contributed by atoms with E-state index in [-0.39, 0.29) is 5.56 Å². The Balaban J connectivity index is 3.17. The molecule has 0 aliphatic rings. The number of aromatic carboxylic acids is 1. The van der Waals surface area contributed by atoms with Crippen molar-refractivity contribution in [3.8, 4) is 0 Å². The number of amides is 1. The molecule has 5 nitrogen and oxygen atoms in total. The Hall–Kier alpha value is -2.25. The minimum Gasteiger partial charge on any atom is -0.478 e. The molecule has 0 unspecified atom stereocenters. The minimum absolute atomic E-state index is 0.338. The van der Waals surface area contributed by atoms with Gasteiger partial charge in [-0.15, -0.1) is 0 Å². The molecule has 0 aromatic heterocycles. The number of nitrogens with one attached hydrogen (secondary N) is 1. The summed E-state index contributed by atoms with van der Waals surface area (Å²) >= 11 is 0. The minimum atomic E-state index is -4.75. The van der Waals surface area contributed by atoms with Gasteiger partial charge in [0.2, 0.25) is 0 Å². The zero-order valence-electron chi connectivity index (χ0n) is 8.78. The van der Waals surface area contributed by atoms with Crippen LogP contribution in [0.5, 0.6) is 0 Å². The van der Waals surface area contributed by atoms with Crippen molar-refractivity contribution in [3.05, 3.63) is 34.9 Å². The average Bonchev–Trinajstić information content (AvgIpc) is 2.24. The Morgan fingerprint density at radius 2 is 1.83 bits per heavy atom. The van der Waals surface area contributed by atoms with Gasteiger partial charge in [0.25, 0.3) is 0 Å². The van der Waals surface area contributed by atoms with Crippen molar-refractivity contribution in [1.82, 2.24) is 5.32 Å². The first-order valence-electron chi connectivity index (χ1n) is 4.62. The molecule has 0 aliphatic carbocycles. The highest BCUT2D eigenvalue weighted by Gasteiger charge is 2.34. The predicted octanol–water partition coefficient (Wildman–Crippen LogP) is 2.17. The summed E-state index contributed by atoms with van der Waals surface area (Å²) in [7, 11) is 0. The van der Waals surface area contributed by atoms with Gasteiger partial charge < -0.3 is 15.5 Å². The Morgan fingerprint density at radius 3 is 2.28 bits per heavy atom. The van der Waals surface area contributed by atoms with Gasteiger partial charge in [-0.05, 0) is 17.7 Å². The Labute approximate surface area is 98.8 Å². The van der Waals surface area contributed by atoms with Gasteiger partial charge in [-0.25, -0.2) is 9.59 Å². The third kappa shape index (κ3) is 3.37. The first kappa shape index (κ1) is 13.8. The average molecular weight is 263 g/mol. The molecule has 0 heterocycles. The second kappa shape index (κ2) is 4.94. The molecule has 18 heavy (non-hydrogen) atoms. The van der Waals surface area contributed by atoms with Crippen LogP contribution in [0.4, 0.5) is 18.0 Å². The van der Waals surface area contributed by atoms with E-state index in [0.717, 1.165) is 12.1 Å². The topological polar surface area (TPSA) is 86.6 Å². The van der Waals surface area contributed by atoms with E-state index in [4.69, 9.17) is 10.2 Å². The number of alkyl halides is 3. The van der Waals surface area contributed by atoms with Crippen molar-refractivity contribution >= 4 is 12.1 Å². The standard InChI is InChI=1S/C10H8F3NO4/c11-10(12,13)7-3-5(8(15)16)1-2-6(7)4-14-9(17)18/h1-3,14H,4H2,(H,15,16)(H,17,18). The third-order valence-electron chi connectivity index (χ3n) is 2.09. The lowest BCUT2D eigenvalue weighted by Gasteiger charge is -2.13. The van der Waals surface area contributed by atoms with E-state index >= 15 is 0 Å². The van der Waals surface area contributed by atoms with Crippen molar-refractivity contribution in [2.24, 2.45) is 0 Å². The number of benzene rings is 1. The molecule has 0 fully saturated rings. The Morgan fingerprint density at radius 1 is 1.22 bits per heavy atom. The van der Waals surface area contributed by atoms with Crippen LogP contribution in [0.25, 0.3) is 0 Å². The van der Waals surface area contributed by atoms with Gasteiger partial charge in [-0.2, -0.15) is 13.2 Å². The first-order chi connectivity index (χ1) is 8.21. The van der Waals surface area contributed by atoms with E-state index < -0.39 is 35.9 Å². The lowest BCUT2D eigenvalue weighted by molar-refractivity contribution is -0.138. The van der Waals surface area contributed by atoms with Gasteiger partial charge in [0, 0.05) is 6.54 Å². The predicted molar refractivity (Wildman–Crippen MR) is 53.3 cm³/mol. The molecular formula is C10H8F3NO4. The molecule has 0 radical (unpaired) electrons. The molecule has 3 N–H and O–H groups in total. The highest BCUT2D eigenvalue weighted by Crippen LogP contribution is 2.32. The third-order valence-corrected chi connectivity index (χ3v) is 2.09. The van der Waals surface area contributed by atoms with E-state index in [1.807, 2.05) is 0 Å². The van der Waals surface area contributed by atoms with Crippen molar-refractivity contribution in [3.63, 3.8) is 0 Å². The van der Waals surface area contributed by atoms with E-state index in [1.165, 1.54) is 0 Å². The van der Waals surface area contributed by atoms with E-state index in [2.05, 4.69) is 0 Å². The van der Waals surface area contributed by atoms with Crippen LogP contribution in [-0.4, -0.2) is 22.3 Å². The summed E-state index contributed by atoms with van der Waals surface area (Å²) in [5.74, 6) is -1.49. The van der Waals surface area contributed by atoms with Crippen LogP contribution in [-0.2, 0) is 12.7 Å². The molecule has 0 atom stereocenters. The molecule has 1 rings (SSSR count). The number of carboxylic acids is 1. The molecule has 8 heteroatoms. The van der Waals surface area contributed by atoms with Crippen LogP contribution in [0.3, 0.4) is 0 Å². The Bertz CT molecular complexity index is 485. The SMILES string of the molecule is O=C(O)NCc1ccc(C(=O)O)cc1C(F)(F)F. The number of rotatable bonds is 3. The van der Waals surface area contributed by atoms with Crippen LogP contribution in [0.1, 0.15) is 21.5 Å². The number of halogens is 3. The van der Waals surface area contributed by atoms with Crippen LogP contribution < -0.4 is 5.32 Å². The van der Waals surface area contributed by atoms with Gasteiger partial charge in [0.15, 0.2) is 0 Å². The van der Waals surface area contributed by atoms with Gasteiger partial charge in [0.1, 0.15) is 0 Å². The maximum Gasteiger partial charge on any atom is 0.416 e. The Kier molecular flexibility index (Phi) is 3.79. The zero-order valence-corrected chi connectivity index (χ0v) is 8.78. The zero-order chi connectivity index (χ0) is 13.9. The molecule has 0 bridgehead atoms. The summed E-state index contributed by atoms with van der Waals surface area (Å²) in [5.41, 5.74) is -2.02. The molecule has 0 aliphatic heterocycles. The van der Waals surface area contributed by atoms with Crippen LogP contribution in [0.15, 0.2) is 18.2 Å². The fourth-order valence-electron chi connectivity index (χ4n) is 1.30. The molecule has 0 spiro atoms. The molecule has 1 amide bonds. The van der Waals surface area contributed by atoms with Gasteiger partial charge in [-0.1, -0.05) is 6.07 Å². The summed E-state index contributed by atoms with van der Waals surface area (Å²) in [6.45, 7) is -0.552. The van der Waals surface area contributed by atoms with Crippen molar-refractivity contribution in [1.29, 1.82) is 0 Å². The molecule has 1 aromatic rings. The van der Waals surface area contributed by atoms with Crippen LogP contribution in [0.2, 0.25) is 0 Å². The monoisotopic (exact) mass is 263 g/mol. The van der Waals surface area contributed by atoms with Crippen LogP contribution in [0, 0.1) is 0 Å². The molecule has 1 aromatic carbocycles. The maximum atomic E-state index is 12.6. The molecular weight excluding hydrogens is 255 g/mol. The lowest BCUT2D eigenvalue weighted by Crippen LogP contribution is -2.22. The highest BCUT2D eigenvalue weighted by molar-refractivity contribution is 5.88. The quantitative estimate of drug-likeness (QED) is 0.780. The molecule has 0 saturated heterocycles. The number of hydrogen-bond donors (Lipinski definition) is 3. The van der Waals surface area contributed by atoms with Crippen molar-refractivity contribution in [2.45, 2.75) is 12.7 Å². The summed E-state index contributed by atoms with van der Waals surface area (Å²) in [4.78, 5) is 20.8. The van der Waals surface area contributed by atoms with E-state index in [9.17, 15) is 22.8 Å². The normalized spacial score (nSPS) is 11.1. The largest absolute Gasteiger partial charge is 0.478 e. The van der Waals surface area contributed by atoms with E-state index in [1.54, 1.807) is 5.32 Å². The lowest BCUT2D eigenvalue weighted by atomic mass is 10.0. The summed E-state index contributed by atoms with van der Waals surface area (Å²) in [6.07, 6.45) is -6.22. The molecule has 0 saturated carbocycles. The van der Waals surface area contributed by atoms with Gasteiger partial charge in [0.05, 0.1) is 11.1 Å². The fraction of sp³-hybridized carbons (Fsp3) is 0.200. The van der Waals surface area contributed by atoms with Gasteiger partial charge >= 0.3 is 18.2 Å². The number of hydrogen-bond acceptors (Lipinski definition) is 2. The number of carboxylic acid groups (broad SMARTS) is 2. The second-order valence-electron chi connectivity index (χ2n) is 3.33. The number of carbonyl (C=O) groups is 2. The smallest absolute Gasteiger partial charge is 0.416 e. The van der Waals surface area contributed by atoms with Crippen molar-refractivity contribution in [2.75, 3.05) is 0 Å². The molecule has 98 valence electrons.